The smallest absolute Gasteiger partial charge is 0.341 e. The number of aryl methyl sites for hydroxylation is 1. The summed E-state index contributed by atoms with van der Waals surface area (Å²) in [7, 11) is 1.39. The van der Waals surface area contributed by atoms with Crippen molar-refractivity contribution in [1.29, 1.82) is 5.26 Å². The lowest BCUT2D eigenvalue weighted by molar-refractivity contribution is -0.123. The maximum Gasteiger partial charge on any atom is 0.341 e. The zero-order chi connectivity index (χ0) is 21.0. The largest absolute Gasteiger partial charge is 0.497 e. The molecule has 0 bridgehead atoms. The highest BCUT2D eigenvalue weighted by Crippen LogP contribution is 2.37. The van der Waals surface area contributed by atoms with E-state index in [2.05, 4.69) is 11.4 Å². The van der Waals surface area contributed by atoms with E-state index in [-0.39, 0.29) is 11.3 Å². The number of amides is 1. The second-order valence-electron chi connectivity index (χ2n) is 6.76. The molecule has 0 saturated carbocycles. The third-order valence-corrected chi connectivity index (χ3v) is 6.03. The molecule has 1 aliphatic rings. The van der Waals surface area contributed by atoms with E-state index in [1.165, 1.54) is 37.5 Å². The number of fused-ring (bicyclic) bond motifs is 1. The number of methoxy groups -OCH3 is 1. The molecule has 1 heterocycles. The van der Waals surface area contributed by atoms with Gasteiger partial charge in [-0.25, -0.2) is 9.18 Å². The third-order valence-electron chi connectivity index (χ3n) is 4.82. The average molecular weight is 416 g/mol. The quantitative estimate of drug-likeness (QED) is 0.582. The van der Waals surface area contributed by atoms with Crippen LogP contribution in [0.2, 0.25) is 0 Å². The van der Waals surface area contributed by atoms with Gasteiger partial charge in [-0.3, -0.25) is 4.79 Å². The molecule has 1 amide bonds. The minimum absolute atomic E-state index is 0.270. The monoisotopic (exact) mass is 416 g/mol. The van der Waals surface area contributed by atoms with E-state index < -0.39 is 23.8 Å². The van der Waals surface area contributed by atoms with Gasteiger partial charge < -0.3 is 14.8 Å². The molecule has 2 aromatic rings. The maximum atomic E-state index is 14.0. The van der Waals surface area contributed by atoms with E-state index in [1.807, 2.05) is 0 Å². The lowest BCUT2D eigenvalue weighted by Gasteiger charge is -2.13. The van der Waals surface area contributed by atoms with Crippen LogP contribution in [0.3, 0.4) is 0 Å². The summed E-state index contributed by atoms with van der Waals surface area (Å²) in [5, 5.41) is 12.7. The first-order chi connectivity index (χ1) is 13.9. The van der Waals surface area contributed by atoms with E-state index in [0.29, 0.717) is 10.6 Å². The summed E-state index contributed by atoms with van der Waals surface area (Å²) in [6, 6.07) is 5.93. The fourth-order valence-corrected chi connectivity index (χ4v) is 4.47. The number of nitrogens with zero attached hydrogens (tertiary/aromatic N) is 1. The number of thiophene rings is 1. The van der Waals surface area contributed by atoms with Crippen molar-refractivity contribution >= 4 is 28.2 Å². The van der Waals surface area contributed by atoms with Gasteiger partial charge in [0.05, 0.1) is 18.2 Å². The number of hydrogen-bond donors (Lipinski definition) is 1. The van der Waals surface area contributed by atoms with E-state index in [4.69, 9.17) is 9.47 Å². The molecule has 0 saturated heterocycles. The van der Waals surface area contributed by atoms with Gasteiger partial charge in [0.2, 0.25) is 0 Å². The van der Waals surface area contributed by atoms with Crippen LogP contribution >= 0.6 is 11.3 Å². The zero-order valence-corrected chi connectivity index (χ0v) is 17.0. The van der Waals surface area contributed by atoms with Crippen LogP contribution in [0.5, 0.6) is 5.75 Å². The Morgan fingerprint density at radius 2 is 2.03 bits per heavy atom. The zero-order valence-electron chi connectivity index (χ0n) is 16.2. The Labute approximate surface area is 172 Å². The van der Waals surface area contributed by atoms with Gasteiger partial charge in [0.25, 0.3) is 5.91 Å². The number of benzene rings is 1. The van der Waals surface area contributed by atoms with E-state index in [0.717, 1.165) is 48.6 Å². The Bertz CT molecular complexity index is 980. The van der Waals surface area contributed by atoms with Crippen molar-refractivity contribution in [2.24, 2.45) is 0 Å². The van der Waals surface area contributed by atoms with Gasteiger partial charge in [-0.15, -0.1) is 11.3 Å². The van der Waals surface area contributed by atoms with Gasteiger partial charge in [-0.1, -0.05) is 6.42 Å². The second-order valence-corrected chi connectivity index (χ2v) is 7.87. The van der Waals surface area contributed by atoms with Gasteiger partial charge in [-0.2, -0.15) is 5.26 Å². The summed E-state index contributed by atoms with van der Waals surface area (Å²) in [4.78, 5) is 25.9. The molecule has 0 aliphatic heterocycles. The Morgan fingerprint density at radius 3 is 2.72 bits per heavy atom. The number of carbonyl (C=O) groups excluding carboxylic acids is 2. The van der Waals surface area contributed by atoms with Gasteiger partial charge in [-0.05, 0) is 50.3 Å². The minimum atomic E-state index is -1.16. The molecule has 1 aliphatic carbocycles. The molecule has 1 aromatic carbocycles. The van der Waals surface area contributed by atoms with Crippen LogP contribution in [0.1, 0.15) is 52.5 Å². The lowest BCUT2D eigenvalue weighted by Crippen LogP contribution is -2.30. The van der Waals surface area contributed by atoms with Crippen LogP contribution in [-0.4, -0.2) is 25.1 Å². The number of carbonyl (C=O) groups is 2. The van der Waals surface area contributed by atoms with Crippen LogP contribution in [-0.2, 0) is 22.4 Å². The van der Waals surface area contributed by atoms with Crippen molar-refractivity contribution in [2.75, 3.05) is 12.4 Å². The standard InChI is InChI=1S/C21H21FN2O4S/c1-12(28-21(26)15-9-8-13(27-2)10-17(15)22)19(25)24-20-16(11-23)14-6-4-3-5-7-18(14)29-20/h8-10,12H,3-7H2,1-2H3,(H,24,25)/t12-/m0/s1. The Balaban J connectivity index is 1.70. The van der Waals surface area contributed by atoms with Crippen molar-refractivity contribution in [3.63, 3.8) is 0 Å². The SMILES string of the molecule is COc1ccc(C(=O)O[C@@H](C)C(=O)Nc2sc3c(c2C#N)CCCCC3)c(F)c1. The number of esters is 1. The van der Waals surface area contributed by atoms with Crippen molar-refractivity contribution in [1.82, 2.24) is 0 Å². The normalized spacial score (nSPS) is 14.1. The molecular weight excluding hydrogens is 395 g/mol. The summed E-state index contributed by atoms with van der Waals surface area (Å²) in [6.07, 6.45) is 3.78. The summed E-state index contributed by atoms with van der Waals surface area (Å²) in [5.41, 5.74) is 1.21. The molecule has 8 heteroatoms. The van der Waals surface area contributed by atoms with E-state index in [9.17, 15) is 19.2 Å². The summed E-state index contributed by atoms with van der Waals surface area (Å²) < 4.78 is 24.0. The van der Waals surface area contributed by atoms with Crippen LogP contribution in [0.15, 0.2) is 18.2 Å². The number of nitriles is 1. The van der Waals surface area contributed by atoms with Crippen LogP contribution in [0, 0.1) is 17.1 Å². The second kappa shape index (κ2) is 9.05. The van der Waals surface area contributed by atoms with E-state index in [1.54, 1.807) is 0 Å². The molecule has 1 aromatic heterocycles. The molecule has 0 spiro atoms. The summed E-state index contributed by atoms with van der Waals surface area (Å²) in [5.74, 6) is -2.04. The summed E-state index contributed by atoms with van der Waals surface area (Å²) in [6.45, 7) is 1.40. The van der Waals surface area contributed by atoms with Crippen LogP contribution in [0.25, 0.3) is 0 Å². The first-order valence-electron chi connectivity index (χ1n) is 9.34. The predicted octanol–water partition coefficient (Wildman–Crippen LogP) is 4.22. The molecule has 29 heavy (non-hydrogen) atoms. The fraction of sp³-hybridized carbons (Fsp3) is 0.381. The average Bonchev–Trinajstić information content (AvgIpc) is 2.86. The molecule has 6 nitrogen and oxygen atoms in total. The molecule has 152 valence electrons. The number of nitrogens with one attached hydrogen (secondary N) is 1. The number of hydrogen-bond acceptors (Lipinski definition) is 6. The highest BCUT2D eigenvalue weighted by Gasteiger charge is 2.25. The van der Waals surface area contributed by atoms with Gasteiger partial charge >= 0.3 is 5.97 Å². The number of anilines is 1. The minimum Gasteiger partial charge on any atom is -0.497 e. The molecule has 0 radical (unpaired) electrons. The number of ether oxygens (including phenoxy) is 2. The molecule has 0 fully saturated rings. The Morgan fingerprint density at radius 1 is 1.28 bits per heavy atom. The highest BCUT2D eigenvalue weighted by molar-refractivity contribution is 7.16. The maximum absolute atomic E-state index is 14.0. The highest BCUT2D eigenvalue weighted by atomic mass is 32.1. The predicted molar refractivity (Wildman–Crippen MR) is 107 cm³/mol. The van der Waals surface area contributed by atoms with Gasteiger partial charge in [0.15, 0.2) is 6.10 Å². The Hall–Kier alpha value is -2.92. The third kappa shape index (κ3) is 4.57. The lowest BCUT2D eigenvalue weighted by atomic mass is 10.1. The Kier molecular flexibility index (Phi) is 6.49. The van der Waals surface area contributed by atoms with Crippen molar-refractivity contribution in [3.05, 3.63) is 45.6 Å². The first-order valence-corrected chi connectivity index (χ1v) is 10.2. The van der Waals surface area contributed by atoms with Crippen LogP contribution < -0.4 is 10.1 Å². The van der Waals surface area contributed by atoms with E-state index >= 15 is 0 Å². The fourth-order valence-electron chi connectivity index (χ4n) is 3.23. The van der Waals surface area contributed by atoms with Gasteiger partial charge in [0, 0.05) is 10.9 Å². The van der Waals surface area contributed by atoms with Crippen molar-refractivity contribution < 1.29 is 23.5 Å². The van der Waals surface area contributed by atoms with Gasteiger partial charge in [0.1, 0.15) is 22.6 Å². The number of rotatable bonds is 5. The van der Waals surface area contributed by atoms with Crippen molar-refractivity contribution in [3.8, 4) is 11.8 Å². The topological polar surface area (TPSA) is 88.4 Å². The van der Waals surface area contributed by atoms with Crippen molar-refractivity contribution in [2.45, 2.75) is 45.1 Å². The molecule has 3 rings (SSSR count). The van der Waals surface area contributed by atoms with Crippen LogP contribution in [0.4, 0.5) is 9.39 Å². The molecule has 1 N–H and O–H groups in total. The number of halogens is 1. The molecular formula is C21H21FN2O4S. The summed E-state index contributed by atoms with van der Waals surface area (Å²) >= 11 is 1.40. The molecule has 0 unspecified atom stereocenters. The molecule has 1 atom stereocenters. The first kappa shape index (κ1) is 20.8.